The molecule has 6 aromatic rings. The van der Waals surface area contributed by atoms with Crippen LogP contribution in [0.1, 0.15) is 0 Å². The summed E-state index contributed by atoms with van der Waals surface area (Å²) in [7, 11) is -1.40. The Morgan fingerprint density at radius 2 is 0.571 bits per heavy atom. The van der Waals surface area contributed by atoms with E-state index in [1.165, 1.54) is 31.0 Å². The Morgan fingerprint density at radius 1 is 0.333 bits per heavy atom. The van der Waals surface area contributed by atoms with Crippen LogP contribution in [0.4, 0.5) is 0 Å². The second kappa shape index (κ2) is 15.2. The van der Waals surface area contributed by atoms with Gasteiger partial charge in [-0.3, -0.25) is 0 Å². The Kier molecular flexibility index (Phi) is 10.6. The molecule has 0 aliphatic heterocycles. The fourth-order valence-corrected chi connectivity index (χ4v) is 26.6. The summed E-state index contributed by atoms with van der Waals surface area (Å²) in [5.41, 5.74) is 0. The molecule has 5 heteroatoms. The molecule has 0 saturated heterocycles. The van der Waals surface area contributed by atoms with Gasteiger partial charge in [-0.05, 0) is 45.5 Å². The fraction of sp³-hybridized carbons (Fsp3) is 0.0270. The van der Waals surface area contributed by atoms with Crippen LogP contribution < -0.4 is 21.2 Å². The zero-order valence-corrected chi connectivity index (χ0v) is 27.5. The monoisotopic (exact) mass is 633 g/mol. The lowest BCUT2D eigenvalue weighted by Gasteiger charge is -2.35. The van der Waals surface area contributed by atoms with E-state index >= 15 is 0 Å². The van der Waals surface area contributed by atoms with Crippen molar-refractivity contribution in [2.45, 2.75) is 14.9 Å². The van der Waals surface area contributed by atoms with Crippen molar-refractivity contribution in [3.05, 3.63) is 182 Å². The molecule has 0 fully saturated rings. The second-order valence-electron chi connectivity index (χ2n) is 9.61. The quantitative estimate of drug-likeness (QED) is 0.130. The number of benzene rings is 6. The van der Waals surface area contributed by atoms with E-state index in [0.717, 1.165) is 0 Å². The van der Waals surface area contributed by atoms with Crippen molar-refractivity contribution in [1.29, 1.82) is 0 Å². The van der Waals surface area contributed by atoms with Gasteiger partial charge in [-0.25, -0.2) is 0 Å². The molecule has 0 amide bonds. The molecular formula is C37H32P3S2+. The molecule has 42 heavy (non-hydrogen) atoms. The summed E-state index contributed by atoms with van der Waals surface area (Å²) in [6, 6.07) is 67.5. The first-order valence-corrected chi connectivity index (χ1v) is 21.5. The molecule has 0 radical (unpaired) electrons. The Hall–Kier alpha value is -2.69. The van der Waals surface area contributed by atoms with Crippen molar-refractivity contribution in [3.63, 3.8) is 0 Å². The highest BCUT2D eigenvalue weighted by Crippen LogP contribution is 2.81. The van der Waals surface area contributed by atoms with E-state index < -0.39 is 22.2 Å². The third-order valence-electron chi connectivity index (χ3n) is 6.76. The smallest absolute Gasteiger partial charge is 0.0622 e. The second-order valence-corrected chi connectivity index (χ2v) is 22.8. The Balaban J connectivity index is 1.61. The SMILES string of the molecule is c1ccc(S[PH+](Sc2ccccc2)C(P(c2ccccc2)c2ccccc2)P(c2ccccc2)c2ccccc2)cc1. The minimum Gasteiger partial charge on any atom is -0.0622 e. The first kappa shape index (κ1) is 29.4. The average Bonchev–Trinajstić information content (AvgIpc) is 3.07. The summed E-state index contributed by atoms with van der Waals surface area (Å²) in [4.78, 5) is 2.71. The molecule has 0 atom stereocenters. The highest BCUT2D eigenvalue weighted by atomic mass is 33.1. The molecule has 0 unspecified atom stereocenters. The van der Waals surface area contributed by atoms with Gasteiger partial charge in [0, 0.05) is 25.6 Å². The molecule has 0 spiro atoms. The van der Waals surface area contributed by atoms with Gasteiger partial charge in [-0.1, -0.05) is 158 Å². The van der Waals surface area contributed by atoms with E-state index in [9.17, 15) is 0 Å². The standard InChI is InChI=1S/C37H31P3S2/c1-7-19-31(20-8-1)38(32-21-9-2-10-22-32)37(39(33-23-11-3-12-24-33)34-25-13-4-14-26-34)40(41-35-27-15-5-16-28-35)42-36-29-17-6-18-30-36/h1-30,37H/p+1. The molecule has 0 nitrogen and oxygen atoms in total. The van der Waals surface area contributed by atoms with Crippen LogP contribution in [0.5, 0.6) is 0 Å². The summed E-state index contributed by atoms with van der Waals surface area (Å²) in [6.45, 7) is 0. The first-order valence-electron chi connectivity index (χ1n) is 14.0. The third kappa shape index (κ3) is 7.44. The van der Waals surface area contributed by atoms with Crippen LogP contribution in [0.3, 0.4) is 0 Å². The van der Waals surface area contributed by atoms with Gasteiger partial charge in [-0.2, -0.15) is 0 Å². The van der Waals surface area contributed by atoms with Gasteiger partial charge in [0.15, 0.2) is 0 Å². The maximum Gasteiger partial charge on any atom is 0.143 e. The number of rotatable bonds is 11. The van der Waals surface area contributed by atoms with Gasteiger partial charge in [-0.15, -0.1) is 0 Å². The highest BCUT2D eigenvalue weighted by Gasteiger charge is 2.46. The molecular weight excluding hydrogens is 601 g/mol. The summed E-state index contributed by atoms with van der Waals surface area (Å²) < 4.78 is 0. The summed E-state index contributed by atoms with van der Waals surface area (Å²) in [5.74, 6) is 0. The van der Waals surface area contributed by atoms with Crippen molar-refractivity contribution >= 4 is 66.2 Å². The van der Waals surface area contributed by atoms with E-state index in [4.69, 9.17) is 0 Å². The third-order valence-corrected chi connectivity index (χ3v) is 25.1. The van der Waals surface area contributed by atoms with Crippen molar-refractivity contribution in [2.24, 2.45) is 0 Å². The minimum absolute atomic E-state index is 0.435. The highest BCUT2D eigenvalue weighted by molar-refractivity contribution is 8.89. The lowest BCUT2D eigenvalue weighted by molar-refractivity contribution is 1.47. The number of hydrogen-bond donors (Lipinski definition) is 0. The molecule has 0 saturated carbocycles. The minimum atomic E-state index is -1.18. The van der Waals surface area contributed by atoms with E-state index in [-0.39, 0.29) is 0 Å². The van der Waals surface area contributed by atoms with Crippen LogP contribution >= 0.6 is 44.9 Å². The number of hydrogen-bond acceptors (Lipinski definition) is 2. The van der Waals surface area contributed by atoms with E-state index in [1.807, 2.05) is 0 Å². The molecule has 0 N–H and O–H groups in total. The zero-order chi connectivity index (χ0) is 28.4. The van der Waals surface area contributed by atoms with Crippen LogP contribution in [0.25, 0.3) is 0 Å². The maximum absolute atomic E-state index is 2.37. The van der Waals surface area contributed by atoms with Crippen LogP contribution in [0.2, 0.25) is 0 Å². The zero-order valence-electron chi connectivity index (χ0n) is 23.1. The molecule has 0 heterocycles. The first-order chi connectivity index (χ1) is 20.9. The Morgan fingerprint density at radius 3 is 0.833 bits per heavy atom. The summed E-state index contributed by atoms with van der Waals surface area (Å²) in [6.07, 6.45) is -1.18. The van der Waals surface area contributed by atoms with Crippen LogP contribution in [0, 0.1) is 0 Å². The van der Waals surface area contributed by atoms with Crippen molar-refractivity contribution < 1.29 is 0 Å². The molecule has 0 aliphatic carbocycles. The van der Waals surface area contributed by atoms with E-state index in [0.29, 0.717) is 5.14 Å². The topological polar surface area (TPSA) is 0 Å². The average molecular weight is 634 g/mol. The predicted molar refractivity (Wildman–Crippen MR) is 195 cm³/mol. The van der Waals surface area contributed by atoms with Gasteiger partial charge < -0.3 is 0 Å². The van der Waals surface area contributed by atoms with Gasteiger partial charge in [0.05, 0.1) is 22.8 Å². The molecule has 206 valence electrons. The molecule has 0 aromatic heterocycles. The summed E-state index contributed by atoms with van der Waals surface area (Å²) >= 11 is 4.25. The molecule has 0 bridgehead atoms. The van der Waals surface area contributed by atoms with Gasteiger partial charge >= 0.3 is 0 Å². The van der Waals surface area contributed by atoms with Gasteiger partial charge in [0.1, 0.15) is 11.5 Å². The normalized spacial score (nSPS) is 11.4. The van der Waals surface area contributed by atoms with E-state index in [1.54, 1.807) is 0 Å². The van der Waals surface area contributed by atoms with Gasteiger partial charge in [0.25, 0.3) is 0 Å². The maximum atomic E-state index is 2.37. The van der Waals surface area contributed by atoms with Crippen LogP contribution in [-0.4, -0.2) is 5.14 Å². The summed E-state index contributed by atoms with van der Waals surface area (Å²) in [5, 5.41) is 6.24. The lowest BCUT2D eigenvalue weighted by atomic mass is 10.4. The van der Waals surface area contributed by atoms with Crippen molar-refractivity contribution in [1.82, 2.24) is 0 Å². The largest absolute Gasteiger partial charge is 0.143 e. The van der Waals surface area contributed by atoms with Gasteiger partial charge in [0.2, 0.25) is 0 Å². The molecule has 6 aromatic carbocycles. The van der Waals surface area contributed by atoms with Crippen LogP contribution in [0.15, 0.2) is 192 Å². The Labute approximate surface area is 261 Å². The lowest BCUT2D eigenvalue weighted by Crippen LogP contribution is -2.26. The fourth-order valence-electron chi connectivity index (χ4n) is 4.88. The van der Waals surface area contributed by atoms with Crippen molar-refractivity contribution in [3.8, 4) is 0 Å². The molecule has 6 rings (SSSR count). The molecule has 0 aliphatic rings. The van der Waals surface area contributed by atoms with E-state index in [2.05, 4.69) is 205 Å². The Bertz CT molecular complexity index is 1420. The van der Waals surface area contributed by atoms with Crippen molar-refractivity contribution in [2.75, 3.05) is 0 Å². The van der Waals surface area contributed by atoms with Crippen LogP contribution in [-0.2, 0) is 0 Å². The predicted octanol–water partition coefficient (Wildman–Crippen LogP) is 10.2.